The first-order valence-electron chi connectivity index (χ1n) is 5.12. The first-order chi connectivity index (χ1) is 7.58. The van der Waals surface area contributed by atoms with Crippen LogP contribution >= 0.6 is 0 Å². The fourth-order valence-corrected chi connectivity index (χ4v) is 1.38. The molecular formula is C12H15NO3. The topological polar surface area (TPSA) is 66.4 Å². The zero-order valence-corrected chi connectivity index (χ0v) is 9.19. The number of hydrogen-bond donors (Lipinski definition) is 2. The molecule has 0 saturated heterocycles. The second-order valence-corrected chi connectivity index (χ2v) is 3.62. The van der Waals surface area contributed by atoms with Gasteiger partial charge in [0.25, 0.3) is 0 Å². The van der Waals surface area contributed by atoms with Crippen molar-refractivity contribution in [2.75, 3.05) is 6.54 Å². The van der Waals surface area contributed by atoms with Crippen molar-refractivity contribution >= 4 is 11.9 Å². The third-order valence-electron chi connectivity index (χ3n) is 2.17. The van der Waals surface area contributed by atoms with Crippen LogP contribution in [0.1, 0.15) is 18.1 Å². The molecular weight excluding hydrogens is 206 g/mol. The molecule has 4 heteroatoms. The van der Waals surface area contributed by atoms with E-state index in [2.05, 4.69) is 5.32 Å². The van der Waals surface area contributed by atoms with Crippen molar-refractivity contribution in [2.45, 2.75) is 19.8 Å². The zero-order chi connectivity index (χ0) is 12.0. The van der Waals surface area contributed by atoms with Crippen LogP contribution in [0, 0.1) is 0 Å². The highest BCUT2D eigenvalue weighted by molar-refractivity contribution is 5.72. The van der Waals surface area contributed by atoms with E-state index in [-0.39, 0.29) is 12.3 Å². The molecule has 0 aliphatic heterocycles. The average molecular weight is 221 g/mol. The molecule has 0 heterocycles. The second-order valence-electron chi connectivity index (χ2n) is 3.62. The lowest BCUT2D eigenvalue weighted by atomic mass is 10.1. The van der Waals surface area contributed by atoms with E-state index < -0.39 is 5.97 Å². The smallest absolute Gasteiger partial charge is 0.307 e. The maximum atomic E-state index is 10.6. The molecule has 0 aliphatic carbocycles. The highest BCUT2D eigenvalue weighted by Gasteiger charge is 2.00. The monoisotopic (exact) mass is 221 g/mol. The number of nitrogens with one attached hydrogen (secondary N) is 1. The molecule has 0 fully saturated rings. The summed E-state index contributed by atoms with van der Waals surface area (Å²) in [6, 6.07) is 7.38. The molecule has 1 aromatic carbocycles. The summed E-state index contributed by atoms with van der Waals surface area (Å²) in [7, 11) is 0. The first kappa shape index (κ1) is 12.2. The van der Waals surface area contributed by atoms with E-state index in [9.17, 15) is 9.59 Å². The molecule has 0 unspecified atom stereocenters. The van der Waals surface area contributed by atoms with Crippen LogP contribution in [0.15, 0.2) is 24.3 Å². The van der Waals surface area contributed by atoms with Crippen molar-refractivity contribution in [1.82, 2.24) is 5.32 Å². The lowest BCUT2D eigenvalue weighted by Crippen LogP contribution is -2.22. The minimum Gasteiger partial charge on any atom is -0.481 e. The maximum Gasteiger partial charge on any atom is 0.307 e. The van der Waals surface area contributed by atoms with Crippen LogP contribution in [0.25, 0.3) is 0 Å². The lowest BCUT2D eigenvalue weighted by molar-refractivity contribution is -0.136. The summed E-state index contributed by atoms with van der Waals surface area (Å²) in [6.45, 7) is 2.09. The Morgan fingerprint density at radius 1 is 1.19 bits per heavy atom. The van der Waals surface area contributed by atoms with Crippen molar-refractivity contribution in [1.29, 1.82) is 0 Å². The van der Waals surface area contributed by atoms with E-state index in [1.165, 1.54) is 6.92 Å². The predicted molar refractivity (Wildman–Crippen MR) is 60.2 cm³/mol. The van der Waals surface area contributed by atoms with Gasteiger partial charge in [0.1, 0.15) is 0 Å². The summed E-state index contributed by atoms with van der Waals surface area (Å²) in [5.74, 6) is -0.867. The van der Waals surface area contributed by atoms with Gasteiger partial charge in [-0.15, -0.1) is 0 Å². The minimum absolute atomic E-state index is 0.0394. The number of rotatable bonds is 5. The maximum absolute atomic E-state index is 10.6. The lowest BCUT2D eigenvalue weighted by Gasteiger charge is -2.03. The minimum atomic E-state index is -0.828. The summed E-state index contributed by atoms with van der Waals surface area (Å²) < 4.78 is 0. The number of amides is 1. The fraction of sp³-hybridized carbons (Fsp3) is 0.333. The Balaban J connectivity index is 2.45. The molecule has 2 N–H and O–H groups in total. The highest BCUT2D eigenvalue weighted by atomic mass is 16.4. The van der Waals surface area contributed by atoms with Crippen LogP contribution in [0.3, 0.4) is 0 Å². The molecule has 0 bridgehead atoms. The van der Waals surface area contributed by atoms with Gasteiger partial charge in [-0.2, -0.15) is 0 Å². The van der Waals surface area contributed by atoms with Gasteiger partial charge in [0.2, 0.25) is 5.91 Å². The summed E-state index contributed by atoms with van der Waals surface area (Å²) >= 11 is 0. The van der Waals surface area contributed by atoms with Crippen molar-refractivity contribution in [3.8, 4) is 0 Å². The Bertz CT molecular complexity index is 370. The molecule has 0 saturated carbocycles. The highest BCUT2D eigenvalue weighted by Crippen LogP contribution is 2.05. The van der Waals surface area contributed by atoms with E-state index in [0.29, 0.717) is 6.54 Å². The third kappa shape index (κ3) is 4.59. The Labute approximate surface area is 94.3 Å². The van der Waals surface area contributed by atoms with Crippen molar-refractivity contribution in [3.05, 3.63) is 35.4 Å². The van der Waals surface area contributed by atoms with Gasteiger partial charge in [-0.25, -0.2) is 0 Å². The molecule has 16 heavy (non-hydrogen) atoms. The standard InChI is InChI=1S/C12H15NO3/c1-9(14)13-7-6-10-2-4-11(5-3-10)8-12(15)16/h2-5H,6-8H2,1H3,(H,13,14)(H,15,16). The van der Waals surface area contributed by atoms with Gasteiger partial charge in [-0.3, -0.25) is 9.59 Å². The van der Waals surface area contributed by atoms with Gasteiger partial charge in [-0.05, 0) is 17.5 Å². The van der Waals surface area contributed by atoms with E-state index >= 15 is 0 Å². The molecule has 1 amide bonds. The Hall–Kier alpha value is -1.84. The number of carboxylic acids is 1. The van der Waals surface area contributed by atoms with Crippen LogP contribution in [0.5, 0.6) is 0 Å². The summed E-state index contributed by atoms with van der Waals surface area (Å²) in [5.41, 5.74) is 1.87. The number of hydrogen-bond acceptors (Lipinski definition) is 2. The van der Waals surface area contributed by atoms with Crippen LogP contribution in [-0.4, -0.2) is 23.5 Å². The van der Waals surface area contributed by atoms with Crippen molar-refractivity contribution in [2.24, 2.45) is 0 Å². The normalized spacial score (nSPS) is 9.81. The van der Waals surface area contributed by atoms with Gasteiger partial charge in [0.05, 0.1) is 6.42 Å². The van der Waals surface area contributed by atoms with Crippen molar-refractivity contribution < 1.29 is 14.7 Å². The number of carbonyl (C=O) groups excluding carboxylic acids is 1. The van der Waals surface area contributed by atoms with Crippen LogP contribution in [0.4, 0.5) is 0 Å². The summed E-state index contributed by atoms with van der Waals surface area (Å²) in [6.07, 6.45) is 0.804. The van der Waals surface area contributed by atoms with Crippen molar-refractivity contribution in [3.63, 3.8) is 0 Å². The molecule has 0 aromatic heterocycles. The molecule has 86 valence electrons. The van der Waals surface area contributed by atoms with Gasteiger partial charge < -0.3 is 10.4 Å². The van der Waals surface area contributed by atoms with E-state index in [1.54, 1.807) is 12.1 Å². The van der Waals surface area contributed by atoms with E-state index in [1.807, 2.05) is 12.1 Å². The fourth-order valence-electron chi connectivity index (χ4n) is 1.38. The Morgan fingerprint density at radius 2 is 1.75 bits per heavy atom. The Kier molecular flexibility index (Phi) is 4.51. The van der Waals surface area contributed by atoms with Crippen LogP contribution in [0.2, 0.25) is 0 Å². The predicted octanol–water partition coefficient (Wildman–Crippen LogP) is 0.992. The quantitative estimate of drug-likeness (QED) is 0.779. The Morgan fingerprint density at radius 3 is 2.25 bits per heavy atom. The van der Waals surface area contributed by atoms with E-state index in [0.717, 1.165) is 17.5 Å². The largest absolute Gasteiger partial charge is 0.481 e. The number of carboxylic acid groups (broad SMARTS) is 1. The number of benzene rings is 1. The molecule has 0 atom stereocenters. The molecule has 1 rings (SSSR count). The molecule has 4 nitrogen and oxygen atoms in total. The van der Waals surface area contributed by atoms with E-state index in [4.69, 9.17) is 5.11 Å². The SMILES string of the molecule is CC(=O)NCCc1ccc(CC(=O)O)cc1. The number of aliphatic carboxylic acids is 1. The van der Waals surface area contributed by atoms with Gasteiger partial charge in [0, 0.05) is 13.5 Å². The first-order valence-corrected chi connectivity index (χ1v) is 5.12. The van der Waals surface area contributed by atoms with Gasteiger partial charge in [-0.1, -0.05) is 24.3 Å². The zero-order valence-electron chi connectivity index (χ0n) is 9.19. The summed E-state index contributed by atoms with van der Waals surface area (Å²) in [4.78, 5) is 21.1. The van der Waals surface area contributed by atoms with Crippen LogP contribution in [-0.2, 0) is 22.4 Å². The molecule has 0 radical (unpaired) electrons. The van der Waals surface area contributed by atoms with Crippen LogP contribution < -0.4 is 5.32 Å². The average Bonchev–Trinajstić information content (AvgIpc) is 2.19. The molecule has 0 spiro atoms. The number of carbonyl (C=O) groups is 2. The third-order valence-corrected chi connectivity index (χ3v) is 2.17. The summed E-state index contributed by atoms with van der Waals surface area (Å²) in [5, 5.41) is 11.3. The molecule has 0 aliphatic rings. The molecule has 1 aromatic rings. The van der Waals surface area contributed by atoms with Gasteiger partial charge >= 0.3 is 5.97 Å². The van der Waals surface area contributed by atoms with Gasteiger partial charge in [0.15, 0.2) is 0 Å². The second kappa shape index (κ2) is 5.90.